The summed E-state index contributed by atoms with van der Waals surface area (Å²) in [5.74, 6) is -1.74. The van der Waals surface area contributed by atoms with Crippen molar-refractivity contribution in [3.05, 3.63) is 23.0 Å². The zero-order valence-corrected chi connectivity index (χ0v) is 16.6. The fourth-order valence-corrected chi connectivity index (χ4v) is 3.40. The van der Waals surface area contributed by atoms with Gasteiger partial charge >= 0.3 is 11.9 Å². The lowest BCUT2D eigenvalue weighted by Gasteiger charge is -2.25. The summed E-state index contributed by atoms with van der Waals surface area (Å²) in [5.41, 5.74) is 13.1. The normalized spacial score (nSPS) is 16.1. The Morgan fingerprint density at radius 1 is 1.26 bits per heavy atom. The van der Waals surface area contributed by atoms with Gasteiger partial charge in [-0.25, -0.2) is 4.79 Å². The third kappa shape index (κ3) is 5.58. The highest BCUT2D eigenvalue weighted by molar-refractivity contribution is 5.95. The summed E-state index contributed by atoms with van der Waals surface area (Å²) in [4.78, 5) is 42.3. The topological polar surface area (TPSA) is 222 Å². The Morgan fingerprint density at radius 2 is 2.03 bits per heavy atom. The van der Waals surface area contributed by atoms with Gasteiger partial charge in [0.1, 0.15) is 23.4 Å². The number of carbonyl (C=O) groups excluding carboxylic acids is 1. The Bertz CT molecular complexity index is 991. The maximum absolute atomic E-state index is 12.3. The summed E-state index contributed by atoms with van der Waals surface area (Å²) in [6.45, 7) is 0.689. The zero-order valence-electron chi connectivity index (χ0n) is 16.6. The number of aryl methyl sites for hydroxylation is 1. The highest BCUT2D eigenvalue weighted by Gasteiger charge is 2.24. The Kier molecular flexibility index (Phi) is 6.52. The van der Waals surface area contributed by atoms with Gasteiger partial charge in [-0.1, -0.05) is 0 Å². The number of carboxylic acids is 2. The predicted molar refractivity (Wildman–Crippen MR) is 109 cm³/mol. The summed E-state index contributed by atoms with van der Waals surface area (Å²) < 4.78 is 0. The first-order valence-electron chi connectivity index (χ1n) is 9.68. The predicted octanol–water partition coefficient (Wildman–Crippen LogP) is -0.371. The molecule has 0 aliphatic carbocycles. The molecule has 0 saturated carbocycles. The van der Waals surface area contributed by atoms with Gasteiger partial charge in [0.2, 0.25) is 5.95 Å². The van der Waals surface area contributed by atoms with Crippen molar-refractivity contribution in [1.82, 2.24) is 25.5 Å². The molecule has 2 atom stereocenters. The van der Waals surface area contributed by atoms with Crippen molar-refractivity contribution >= 4 is 35.4 Å². The quantitative estimate of drug-likeness (QED) is 0.270. The minimum absolute atomic E-state index is 0.0387. The number of hydrogen-bond acceptors (Lipinski definition) is 9. The number of fused-ring (bicyclic) bond motifs is 1. The lowest BCUT2D eigenvalue weighted by Crippen LogP contribution is -2.41. The van der Waals surface area contributed by atoms with Crippen molar-refractivity contribution in [3.8, 4) is 0 Å². The molecule has 13 heteroatoms. The molecule has 2 aromatic heterocycles. The Hall–Kier alpha value is -3.90. The van der Waals surface area contributed by atoms with E-state index in [0.29, 0.717) is 31.0 Å². The number of nitrogens with one attached hydrogen (secondary N) is 3. The number of H-pyrrole nitrogens is 1. The molecule has 0 spiro atoms. The van der Waals surface area contributed by atoms with Crippen LogP contribution in [0, 0.1) is 5.92 Å². The maximum Gasteiger partial charge on any atom is 0.326 e. The van der Waals surface area contributed by atoms with E-state index >= 15 is 0 Å². The van der Waals surface area contributed by atoms with E-state index in [0.717, 1.165) is 17.7 Å². The number of rotatable bonds is 9. The number of amides is 1. The molecule has 0 saturated heterocycles. The van der Waals surface area contributed by atoms with Crippen molar-refractivity contribution < 1.29 is 24.6 Å². The number of nitrogens with zero attached hydrogens (tertiary/aromatic N) is 3. The number of carbonyl (C=O) groups is 3. The van der Waals surface area contributed by atoms with Crippen LogP contribution in [0.3, 0.4) is 0 Å². The highest BCUT2D eigenvalue weighted by atomic mass is 16.4. The molecule has 1 aliphatic rings. The van der Waals surface area contributed by atoms with Crippen molar-refractivity contribution in [2.75, 3.05) is 23.3 Å². The number of aliphatic carboxylic acids is 2. The molecule has 0 bridgehead atoms. The second-order valence-electron chi connectivity index (χ2n) is 7.36. The van der Waals surface area contributed by atoms with Crippen molar-refractivity contribution in [2.24, 2.45) is 5.92 Å². The van der Waals surface area contributed by atoms with Gasteiger partial charge < -0.3 is 32.3 Å². The van der Waals surface area contributed by atoms with Gasteiger partial charge in [0.25, 0.3) is 5.91 Å². The van der Waals surface area contributed by atoms with E-state index in [9.17, 15) is 14.4 Å². The maximum atomic E-state index is 12.3. The third-order valence-electron chi connectivity index (χ3n) is 5.04. The average Bonchev–Trinajstić information content (AvgIpc) is 3.18. The van der Waals surface area contributed by atoms with Gasteiger partial charge in [0.15, 0.2) is 0 Å². The molecule has 9 N–H and O–H groups in total. The van der Waals surface area contributed by atoms with Crippen LogP contribution >= 0.6 is 0 Å². The fourth-order valence-electron chi connectivity index (χ4n) is 3.40. The third-order valence-corrected chi connectivity index (χ3v) is 5.04. The van der Waals surface area contributed by atoms with Crippen LogP contribution in [0.2, 0.25) is 0 Å². The Morgan fingerprint density at radius 3 is 2.74 bits per heavy atom. The first-order chi connectivity index (χ1) is 14.7. The molecular weight excluding hydrogens is 408 g/mol. The van der Waals surface area contributed by atoms with E-state index in [1.807, 2.05) is 0 Å². The van der Waals surface area contributed by atoms with Gasteiger partial charge in [0.05, 0.1) is 0 Å². The first kappa shape index (κ1) is 21.8. The van der Waals surface area contributed by atoms with Gasteiger partial charge in [-0.3, -0.25) is 14.7 Å². The van der Waals surface area contributed by atoms with Crippen molar-refractivity contribution in [1.29, 1.82) is 0 Å². The number of aromatic nitrogens is 4. The number of anilines is 3. The molecule has 3 heterocycles. The standard InChI is InChI=1S/C18H24N8O5/c19-14-10-5-8(7-21-15(10)24-18(20)23-14)1-2-9-6-12(26-25-9)16(29)22-11(17(30)31)3-4-13(27)28/h6,8,11H,1-5,7H2,(H,22,29)(H,25,26)(H,27,28)(H,30,31)(H5,19,20,21,23,24)/t8?,11-/m0/s1. The summed E-state index contributed by atoms with van der Waals surface area (Å²) >= 11 is 0. The summed E-state index contributed by atoms with van der Waals surface area (Å²) in [6, 6.07) is 0.243. The van der Waals surface area contributed by atoms with Crippen LogP contribution in [0.15, 0.2) is 6.07 Å². The molecular formula is C18H24N8O5. The largest absolute Gasteiger partial charge is 0.481 e. The van der Waals surface area contributed by atoms with Crippen LogP contribution in [0.5, 0.6) is 0 Å². The first-order valence-corrected chi connectivity index (χ1v) is 9.68. The van der Waals surface area contributed by atoms with Crippen LogP contribution in [0.25, 0.3) is 0 Å². The molecule has 3 rings (SSSR count). The monoisotopic (exact) mass is 432 g/mol. The van der Waals surface area contributed by atoms with Crippen LogP contribution in [0.1, 0.15) is 41.0 Å². The molecule has 166 valence electrons. The molecule has 0 radical (unpaired) electrons. The van der Waals surface area contributed by atoms with E-state index in [2.05, 4.69) is 30.8 Å². The average molecular weight is 432 g/mol. The van der Waals surface area contributed by atoms with E-state index < -0.39 is 23.9 Å². The Labute approximate surface area is 176 Å². The van der Waals surface area contributed by atoms with E-state index in [1.165, 1.54) is 0 Å². The van der Waals surface area contributed by atoms with Crippen molar-refractivity contribution in [2.45, 2.75) is 38.1 Å². The van der Waals surface area contributed by atoms with E-state index in [4.69, 9.17) is 21.7 Å². The molecule has 1 unspecified atom stereocenters. The second-order valence-corrected chi connectivity index (χ2v) is 7.36. The number of aromatic amines is 1. The zero-order chi connectivity index (χ0) is 22.5. The molecule has 2 aromatic rings. The summed E-state index contributed by atoms with van der Waals surface area (Å²) in [5, 5.41) is 30.1. The van der Waals surface area contributed by atoms with Gasteiger partial charge in [-0.15, -0.1) is 0 Å². The number of nitrogens with two attached hydrogens (primary N) is 2. The minimum Gasteiger partial charge on any atom is -0.481 e. The second kappa shape index (κ2) is 9.28. The van der Waals surface area contributed by atoms with Crippen LogP contribution in [0.4, 0.5) is 17.6 Å². The van der Waals surface area contributed by atoms with E-state index in [-0.39, 0.29) is 30.4 Å². The molecule has 0 fully saturated rings. The van der Waals surface area contributed by atoms with Gasteiger partial charge in [0, 0.05) is 24.2 Å². The lowest BCUT2D eigenvalue weighted by molar-refractivity contribution is -0.140. The molecule has 13 nitrogen and oxygen atoms in total. The van der Waals surface area contributed by atoms with E-state index in [1.54, 1.807) is 6.07 Å². The number of hydrogen-bond donors (Lipinski definition) is 7. The SMILES string of the molecule is Nc1nc(N)c2c(n1)NCC(CCc1cc(C(=O)N[C@@H](CCC(=O)O)C(=O)O)n[nH]1)C2. The summed E-state index contributed by atoms with van der Waals surface area (Å²) in [6.07, 6.45) is 1.49. The number of carboxylic acid groups (broad SMARTS) is 2. The van der Waals surface area contributed by atoms with Crippen molar-refractivity contribution in [3.63, 3.8) is 0 Å². The minimum atomic E-state index is -1.31. The number of nitrogen functional groups attached to an aromatic ring is 2. The van der Waals surface area contributed by atoms with Crippen LogP contribution < -0.4 is 22.1 Å². The van der Waals surface area contributed by atoms with Crippen LogP contribution in [-0.2, 0) is 22.4 Å². The summed E-state index contributed by atoms with van der Waals surface area (Å²) in [7, 11) is 0. The molecule has 31 heavy (non-hydrogen) atoms. The molecule has 0 aromatic carbocycles. The smallest absolute Gasteiger partial charge is 0.326 e. The highest BCUT2D eigenvalue weighted by Crippen LogP contribution is 2.29. The van der Waals surface area contributed by atoms with Gasteiger partial charge in [-0.05, 0) is 37.7 Å². The Balaban J connectivity index is 1.54. The van der Waals surface area contributed by atoms with Gasteiger partial charge in [-0.2, -0.15) is 15.1 Å². The molecule has 1 aliphatic heterocycles. The molecule has 1 amide bonds. The fraction of sp³-hybridized carbons (Fsp3) is 0.444. The lowest BCUT2D eigenvalue weighted by atomic mass is 9.91. The van der Waals surface area contributed by atoms with Crippen LogP contribution in [-0.4, -0.2) is 60.8 Å².